The number of carbonyl (C=O) groups excluding carboxylic acids is 1. The molecule has 1 aromatic heterocycles. The normalized spacial score (nSPS) is 16.5. The number of ether oxygens (including phenoxy) is 2. The van der Waals surface area contributed by atoms with Gasteiger partial charge in [0.25, 0.3) is 0 Å². The van der Waals surface area contributed by atoms with Gasteiger partial charge in [0.15, 0.2) is 17.3 Å². The van der Waals surface area contributed by atoms with Crippen LogP contribution in [-0.4, -0.2) is 34.3 Å². The van der Waals surface area contributed by atoms with Crippen molar-refractivity contribution in [3.05, 3.63) is 41.4 Å². The lowest BCUT2D eigenvalue weighted by molar-refractivity contribution is -0.114. The van der Waals surface area contributed by atoms with E-state index in [-0.39, 0.29) is 17.3 Å². The molecule has 1 unspecified atom stereocenters. The van der Waals surface area contributed by atoms with Crippen molar-refractivity contribution in [2.75, 3.05) is 12.4 Å². The number of halogens is 2. The van der Waals surface area contributed by atoms with E-state index in [0.29, 0.717) is 22.8 Å². The lowest BCUT2D eigenvalue weighted by atomic mass is 9.93. The van der Waals surface area contributed by atoms with E-state index in [1.807, 2.05) is 0 Å². The smallest absolute Gasteiger partial charge is 0.387 e. The predicted octanol–water partition coefficient (Wildman–Crippen LogP) is 2.77. The average molecular weight is 350 g/mol. The van der Waals surface area contributed by atoms with Crippen molar-refractivity contribution >= 4 is 11.7 Å². The first-order valence-electron chi connectivity index (χ1n) is 7.43. The number of benzene rings is 1. The van der Waals surface area contributed by atoms with Crippen LogP contribution in [0.5, 0.6) is 11.5 Å². The van der Waals surface area contributed by atoms with E-state index in [1.165, 1.54) is 26.4 Å². The molecule has 0 radical (unpaired) electrons. The highest BCUT2D eigenvalue weighted by atomic mass is 19.3. The molecule has 0 saturated carbocycles. The van der Waals surface area contributed by atoms with E-state index in [1.54, 1.807) is 23.7 Å². The van der Waals surface area contributed by atoms with Crippen molar-refractivity contribution in [2.45, 2.75) is 26.5 Å². The number of hydrogen-bond acceptors (Lipinski definition) is 6. The fourth-order valence-corrected chi connectivity index (χ4v) is 2.90. The molecule has 2 heterocycles. The molecule has 0 spiro atoms. The third-order valence-electron chi connectivity index (χ3n) is 3.89. The summed E-state index contributed by atoms with van der Waals surface area (Å²) < 4.78 is 36.2. The summed E-state index contributed by atoms with van der Waals surface area (Å²) >= 11 is 0. The second-order valence-corrected chi connectivity index (χ2v) is 5.44. The van der Waals surface area contributed by atoms with E-state index < -0.39 is 12.7 Å². The Morgan fingerprint density at radius 3 is 2.76 bits per heavy atom. The summed E-state index contributed by atoms with van der Waals surface area (Å²) in [5.74, 6) is 0.403. The van der Waals surface area contributed by atoms with Crippen molar-refractivity contribution in [1.82, 2.24) is 14.8 Å². The van der Waals surface area contributed by atoms with E-state index in [2.05, 4.69) is 20.1 Å². The summed E-state index contributed by atoms with van der Waals surface area (Å²) in [5.41, 5.74) is 1.80. The largest absolute Gasteiger partial charge is 0.493 e. The van der Waals surface area contributed by atoms with Gasteiger partial charge in [-0.25, -0.2) is 4.68 Å². The van der Waals surface area contributed by atoms with Gasteiger partial charge in [0.05, 0.1) is 7.11 Å². The van der Waals surface area contributed by atoms with Gasteiger partial charge in [0.1, 0.15) is 12.4 Å². The summed E-state index contributed by atoms with van der Waals surface area (Å²) in [6, 6.07) is 3.98. The molecule has 1 aromatic carbocycles. The molecule has 1 aliphatic heterocycles. The van der Waals surface area contributed by atoms with Crippen LogP contribution in [0.4, 0.5) is 14.7 Å². The highest BCUT2D eigenvalue weighted by molar-refractivity contribution is 5.96. The number of ketones is 1. The van der Waals surface area contributed by atoms with Crippen LogP contribution in [-0.2, 0) is 4.79 Å². The Kier molecular flexibility index (Phi) is 4.39. The third-order valence-corrected chi connectivity index (χ3v) is 3.89. The standard InChI is InChI=1S/C16H16F2N4O3/c1-8-13(9(2)23)14(22-16(21-8)19-7-20-22)10-4-5-11(25-15(17)18)12(6-10)24-3/h4-7,14-15H,1-3H3,(H,19,20,21). The predicted molar refractivity (Wildman–Crippen MR) is 84.8 cm³/mol. The van der Waals surface area contributed by atoms with Crippen molar-refractivity contribution < 1.29 is 23.0 Å². The van der Waals surface area contributed by atoms with Gasteiger partial charge in [-0.3, -0.25) is 4.79 Å². The van der Waals surface area contributed by atoms with Crippen LogP contribution >= 0.6 is 0 Å². The van der Waals surface area contributed by atoms with Gasteiger partial charge in [0.2, 0.25) is 5.95 Å². The minimum Gasteiger partial charge on any atom is -0.493 e. The number of anilines is 1. The topological polar surface area (TPSA) is 78.3 Å². The summed E-state index contributed by atoms with van der Waals surface area (Å²) in [5, 5.41) is 7.20. The minimum absolute atomic E-state index is 0.0842. The average Bonchev–Trinajstić information content (AvgIpc) is 3.01. The van der Waals surface area contributed by atoms with Crippen LogP contribution < -0.4 is 14.8 Å². The van der Waals surface area contributed by atoms with E-state index in [9.17, 15) is 13.6 Å². The molecule has 25 heavy (non-hydrogen) atoms. The zero-order valence-electron chi connectivity index (χ0n) is 13.8. The summed E-state index contributed by atoms with van der Waals surface area (Å²) in [4.78, 5) is 16.3. The molecule has 1 atom stereocenters. The molecule has 9 heteroatoms. The zero-order valence-corrected chi connectivity index (χ0v) is 13.8. The van der Waals surface area contributed by atoms with Gasteiger partial charge >= 0.3 is 6.61 Å². The van der Waals surface area contributed by atoms with Crippen LogP contribution in [0.2, 0.25) is 0 Å². The first-order chi connectivity index (χ1) is 11.9. The summed E-state index contributed by atoms with van der Waals surface area (Å²) in [7, 11) is 1.35. The Hall–Kier alpha value is -2.97. The minimum atomic E-state index is -2.96. The van der Waals surface area contributed by atoms with Crippen LogP contribution in [0.3, 0.4) is 0 Å². The van der Waals surface area contributed by atoms with E-state index in [0.717, 1.165) is 0 Å². The number of alkyl halides is 2. The Bertz CT molecular complexity index is 848. The number of Topliss-reactive ketones (excluding diaryl/α,β-unsaturated/α-hetero) is 1. The number of nitrogens with zero attached hydrogens (tertiary/aromatic N) is 3. The molecule has 2 aromatic rings. The first-order valence-corrected chi connectivity index (χ1v) is 7.43. The molecule has 0 saturated heterocycles. The van der Waals surface area contributed by atoms with E-state index in [4.69, 9.17) is 4.74 Å². The van der Waals surface area contributed by atoms with Crippen molar-refractivity contribution in [3.63, 3.8) is 0 Å². The highest BCUT2D eigenvalue weighted by Gasteiger charge is 2.32. The molecule has 1 aliphatic rings. The number of fused-ring (bicyclic) bond motifs is 1. The monoisotopic (exact) mass is 350 g/mol. The van der Waals surface area contributed by atoms with Gasteiger partial charge in [0, 0.05) is 11.3 Å². The number of rotatable bonds is 5. The second-order valence-electron chi connectivity index (χ2n) is 5.44. The number of allylic oxidation sites excluding steroid dienone is 2. The molecular weight excluding hydrogens is 334 g/mol. The molecular formula is C16H16F2N4O3. The number of hydrogen-bond donors (Lipinski definition) is 1. The van der Waals surface area contributed by atoms with Gasteiger partial charge in [-0.15, -0.1) is 0 Å². The summed E-state index contributed by atoms with van der Waals surface area (Å²) in [6.07, 6.45) is 1.37. The summed E-state index contributed by atoms with van der Waals surface area (Å²) in [6.45, 7) is 0.268. The van der Waals surface area contributed by atoms with E-state index >= 15 is 0 Å². The van der Waals surface area contributed by atoms with Crippen molar-refractivity contribution in [3.8, 4) is 11.5 Å². The third kappa shape index (κ3) is 3.04. The SMILES string of the molecule is COc1cc(C2C(C(C)=O)=C(C)Nc3ncnn32)ccc1OC(F)F. The molecule has 0 fully saturated rings. The van der Waals surface area contributed by atoms with Crippen LogP contribution in [0.25, 0.3) is 0 Å². The molecule has 0 aliphatic carbocycles. The molecule has 0 bridgehead atoms. The fourth-order valence-electron chi connectivity index (χ4n) is 2.90. The van der Waals surface area contributed by atoms with Gasteiger partial charge in [-0.05, 0) is 31.5 Å². The number of carbonyl (C=O) groups is 1. The Morgan fingerprint density at radius 1 is 1.36 bits per heavy atom. The maximum absolute atomic E-state index is 12.5. The Labute approximate surface area is 142 Å². The number of methoxy groups -OCH3 is 1. The van der Waals surface area contributed by atoms with Crippen LogP contribution in [0.1, 0.15) is 25.5 Å². The molecule has 0 amide bonds. The van der Waals surface area contributed by atoms with Crippen LogP contribution in [0.15, 0.2) is 35.8 Å². The van der Waals surface area contributed by atoms with Gasteiger partial charge < -0.3 is 14.8 Å². The quantitative estimate of drug-likeness (QED) is 0.893. The van der Waals surface area contributed by atoms with Crippen LogP contribution in [0, 0.1) is 0 Å². The Morgan fingerprint density at radius 2 is 2.12 bits per heavy atom. The Balaban J connectivity index is 2.12. The van der Waals surface area contributed by atoms with Gasteiger partial charge in [-0.1, -0.05) is 6.07 Å². The second kappa shape index (κ2) is 6.50. The van der Waals surface area contributed by atoms with Gasteiger partial charge in [-0.2, -0.15) is 18.9 Å². The first kappa shape index (κ1) is 16.9. The highest BCUT2D eigenvalue weighted by Crippen LogP contribution is 2.38. The number of aromatic nitrogens is 3. The fraction of sp³-hybridized carbons (Fsp3) is 0.312. The maximum Gasteiger partial charge on any atom is 0.387 e. The molecule has 3 rings (SSSR count). The van der Waals surface area contributed by atoms with Crippen molar-refractivity contribution in [1.29, 1.82) is 0 Å². The molecule has 7 nitrogen and oxygen atoms in total. The molecule has 132 valence electrons. The number of nitrogens with one attached hydrogen (secondary N) is 1. The maximum atomic E-state index is 12.5. The lowest BCUT2D eigenvalue weighted by Crippen LogP contribution is -2.27. The van der Waals surface area contributed by atoms with Crippen molar-refractivity contribution in [2.24, 2.45) is 0 Å². The lowest BCUT2D eigenvalue weighted by Gasteiger charge is -2.28. The molecule has 1 N–H and O–H groups in total. The zero-order chi connectivity index (χ0) is 18.1.